The van der Waals surface area contributed by atoms with Gasteiger partial charge in [-0.2, -0.15) is 0 Å². The predicted octanol–water partition coefficient (Wildman–Crippen LogP) is 0.509. The van der Waals surface area contributed by atoms with Crippen LogP contribution < -0.4 is 10.7 Å². The quantitative estimate of drug-likeness (QED) is 0.489. The van der Waals surface area contributed by atoms with Crippen LogP contribution in [-0.4, -0.2) is 81.0 Å². The smallest absolute Gasteiger partial charge is 0.350 e. The van der Waals surface area contributed by atoms with Crippen molar-refractivity contribution in [3.05, 3.63) is 36.0 Å². The molecule has 0 bridgehead atoms. The number of amides is 5. The summed E-state index contributed by atoms with van der Waals surface area (Å²) in [5.74, 6) is -1.87. The Morgan fingerprint density at radius 2 is 1.97 bits per heavy atom. The number of rotatable bonds is 7. The van der Waals surface area contributed by atoms with Gasteiger partial charge in [-0.15, -0.1) is 0 Å². The molecule has 0 aliphatic carbocycles. The number of carbonyl (C=O) groups is 6. The van der Waals surface area contributed by atoms with Crippen LogP contribution >= 0.6 is 0 Å². The molecule has 5 amide bonds. The molecule has 1 aromatic carbocycles. The van der Waals surface area contributed by atoms with E-state index in [4.69, 9.17) is 0 Å². The molecule has 12 nitrogen and oxygen atoms in total. The van der Waals surface area contributed by atoms with Gasteiger partial charge >= 0.3 is 6.03 Å². The van der Waals surface area contributed by atoms with E-state index in [1.807, 2.05) is 24.3 Å². The first-order chi connectivity index (χ1) is 16.8. The lowest BCUT2D eigenvalue weighted by molar-refractivity contribution is -0.155. The highest BCUT2D eigenvalue weighted by Gasteiger charge is 2.44. The second-order valence-corrected chi connectivity index (χ2v) is 8.57. The fraction of sp³-hybridized carbons (Fsp3) is 0.391. The number of nitrogens with zero attached hydrogens (tertiary/aromatic N) is 3. The van der Waals surface area contributed by atoms with Gasteiger partial charge in [0.1, 0.15) is 23.8 Å². The van der Waals surface area contributed by atoms with E-state index in [0.717, 1.165) is 20.9 Å². The van der Waals surface area contributed by atoms with Crippen molar-refractivity contribution >= 4 is 46.7 Å². The van der Waals surface area contributed by atoms with E-state index in [2.05, 4.69) is 15.7 Å². The molecule has 2 atom stereocenters. The van der Waals surface area contributed by atoms with E-state index >= 15 is 0 Å². The Balaban J connectivity index is 1.54. The van der Waals surface area contributed by atoms with E-state index in [1.165, 1.54) is 11.9 Å². The molecule has 4 rings (SSSR count). The number of nitrogens with one attached hydrogen (secondary N) is 3. The van der Waals surface area contributed by atoms with Crippen molar-refractivity contribution in [3.8, 4) is 0 Å². The maximum atomic E-state index is 13.4. The first-order valence-electron chi connectivity index (χ1n) is 11.3. The van der Waals surface area contributed by atoms with Crippen LogP contribution in [-0.2, 0) is 19.2 Å². The Bertz CT molecular complexity index is 1160. The Kier molecular flexibility index (Phi) is 6.80. The molecule has 3 N–H and O–H groups in total. The fourth-order valence-corrected chi connectivity index (χ4v) is 4.32. The molecule has 2 unspecified atom stereocenters. The van der Waals surface area contributed by atoms with Gasteiger partial charge in [-0.25, -0.2) is 19.8 Å². The number of benzene rings is 1. The number of hydrogen-bond acceptors (Lipinski definition) is 6. The number of ketones is 1. The Labute approximate surface area is 200 Å². The van der Waals surface area contributed by atoms with Gasteiger partial charge < -0.3 is 15.1 Å². The van der Waals surface area contributed by atoms with E-state index in [-0.39, 0.29) is 49.7 Å². The second kappa shape index (κ2) is 9.95. The zero-order chi connectivity index (χ0) is 25.1. The highest BCUT2D eigenvalue weighted by molar-refractivity contribution is 5.99. The van der Waals surface area contributed by atoms with Gasteiger partial charge in [-0.1, -0.05) is 18.2 Å². The third-order valence-corrected chi connectivity index (χ3v) is 5.98. The summed E-state index contributed by atoms with van der Waals surface area (Å²) >= 11 is 0. The third kappa shape index (κ3) is 5.00. The fourth-order valence-electron chi connectivity index (χ4n) is 4.32. The number of hydrazine groups is 2. The molecule has 2 fully saturated rings. The minimum absolute atomic E-state index is 0.0507. The van der Waals surface area contributed by atoms with Gasteiger partial charge in [0.05, 0.1) is 12.6 Å². The minimum atomic E-state index is -1.08. The summed E-state index contributed by atoms with van der Waals surface area (Å²) in [6.07, 6.45) is 0.947. The van der Waals surface area contributed by atoms with E-state index in [1.54, 1.807) is 6.07 Å². The van der Waals surface area contributed by atoms with E-state index < -0.39 is 29.9 Å². The van der Waals surface area contributed by atoms with Crippen molar-refractivity contribution in [1.82, 2.24) is 30.8 Å². The molecule has 2 saturated heterocycles. The maximum Gasteiger partial charge on any atom is 0.358 e. The van der Waals surface area contributed by atoms with Crippen LogP contribution in [0.3, 0.4) is 0 Å². The summed E-state index contributed by atoms with van der Waals surface area (Å²) in [6.45, 7) is 1.46. The molecule has 184 valence electrons. The number of carbonyl (C=O) groups excluding carboxylic acids is 6. The van der Waals surface area contributed by atoms with Crippen LogP contribution in [0.15, 0.2) is 30.3 Å². The lowest BCUT2D eigenvalue weighted by Gasteiger charge is -2.42. The third-order valence-electron chi connectivity index (χ3n) is 5.98. The number of Topliss-reactive ketones (excluding diaryl/α,β-unsaturated/α-hetero) is 1. The van der Waals surface area contributed by atoms with Gasteiger partial charge in [0, 0.05) is 30.3 Å². The number of fused-ring (bicyclic) bond motifs is 2. The molecule has 12 heteroatoms. The minimum Gasteiger partial charge on any atom is -0.350 e. The van der Waals surface area contributed by atoms with Gasteiger partial charge in [0.25, 0.3) is 5.91 Å². The number of para-hydroxylation sites is 1. The molecule has 2 aliphatic heterocycles. The van der Waals surface area contributed by atoms with Crippen LogP contribution in [0, 0.1) is 0 Å². The lowest BCUT2D eigenvalue weighted by Crippen LogP contribution is -2.64. The standard InChI is InChI=1S/C23H26N6O6/c1-14(31)11-16(13-30)24-22(34)19-7-4-9-28-20(32)8-10-27(23(35)29(19)28)26-21(33)18-12-15-5-2-3-6-17(15)25-18/h2-3,5-6,12-13,16,19,25H,4,7-11H2,1H3,(H,24,34)(H,26,33). The summed E-state index contributed by atoms with van der Waals surface area (Å²) in [7, 11) is 0. The van der Waals surface area contributed by atoms with E-state index in [0.29, 0.717) is 12.7 Å². The summed E-state index contributed by atoms with van der Waals surface area (Å²) in [5, 5.41) is 6.58. The van der Waals surface area contributed by atoms with E-state index in [9.17, 15) is 28.8 Å². The van der Waals surface area contributed by atoms with Gasteiger partial charge in [0.15, 0.2) is 0 Å². The van der Waals surface area contributed by atoms with Crippen LogP contribution in [0.25, 0.3) is 10.9 Å². The van der Waals surface area contributed by atoms with Crippen LogP contribution in [0.5, 0.6) is 0 Å². The van der Waals surface area contributed by atoms with Crippen LogP contribution in [0.1, 0.15) is 43.1 Å². The molecular weight excluding hydrogens is 456 g/mol. The molecule has 35 heavy (non-hydrogen) atoms. The number of aldehydes is 1. The average Bonchev–Trinajstić information content (AvgIpc) is 3.24. The Morgan fingerprint density at radius 1 is 1.20 bits per heavy atom. The van der Waals surface area contributed by atoms with Gasteiger partial charge in [-0.05, 0) is 31.9 Å². The largest absolute Gasteiger partial charge is 0.358 e. The van der Waals surface area contributed by atoms with Crippen molar-refractivity contribution in [3.63, 3.8) is 0 Å². The number of aromatic nitrogens is 1. The van der Waals surface area contributed by atoms with Crippen molar-refractivity contribution in [1.29, 1.82) is 0 Å². The predicted molar refractivity (Wildman–Crippen MR) is 122 cm³/mol. The highest BCUT2D eigenvalue weighted by atomic mass is 16.2. The normalized spacial score (nSPS) is 19.1. The average molecular weight is 482 g/mol. The molecule has 0 saturated carbocycles. The second-order valence-electron chi connectivity index (χ2n) is 8.57. The highest BCUT2D eigenvalue weighted by Crippen LogP contribution is 2.24. The maximum absolute atomic E-state index is 13.4. The van der Waals surface area contributed by atoms with Crippen molar-refractivity contribution in [2.45, 2.75) is 44.7 Å². The molecule has 1 aromatic heterocycles. The zero-order valence-corrected chi connectivity index (χ0v) is 19.2. The summed E-state index contributed by atoms with van der Waals surface area (Å²) in [5.41, 5.74) is 3.53. The number of H-pyrrole nitrogens is 1. The molecule has 3 heterocycles. The van der Waals surface area contributed by atoms with Gasteiger partial charge in [-0.3, -0.25) is 24.6 Å². The Hall–Kier alpha value is -4.22. The molecule has 0 spiro atoms. The first kappa shape index (κ1) is 23.9. The number of hydrogen-bond donors (Lipinski definition) is 3. The zero-order valence-electron chi connectivity index (χ0n) is 19.2. The summed E-state index contributed by atoms with van der Waals surface area (Å²) in [6, 6.07) is 6.10. The summed E-state index contributed by atoms with van der Waals surface area (Å²) in [4.78, 5) is 77.8. The molecule has 0 radical (unpaired) electrons. The van der Waals surface area contributed by atoms with Crippen molar-refractivity contribution in [2.75, 3.05) is 13.1 Å². The lowest BCUT2D eigenvalue weighted by atomic mass is 10.1. The molecular formula is C23H26N6O6. The monoisotopic (exact) mass is 482 g/mol. The van der Waals surface area contributed by atoms with Crippen LogP contribution in [0.2, 0.25) is 0 Å². The van der Waals surface area contributed by atoms with Crippen molar-refractivity contribution < 1.29 is 28.8 Å². The summed E-state index contributed by atoms with van der Waals surface area (Å²) < 4.78 is 0. The van der Waals surface area contributed by atoms with Gasteiger partial charge in [0.2, 0.25) is 11.8 Å². The number of urea groups is 1. The van der Waals surface area contributed by atoms with Crippen molar-refractivity contribution in [2.24, 2.45) is 0 Å². The number of aromatic amines is 1. The van der Waals surface area contributed by atoms with Crippen LogP contribution in [0.4, 0.5) is 4.79 Å². The SMILES string of the molecule is CC(=O)CC(C=O)NC(=O)C1CCCN2C(=O)CCN(NC(=O)c3cc4ccccc4[nH]3)C(=O)N12. The molecule has 2 aliphatic rings. The Morgan fingerprint density at radius 3 is 2.69 bits per heavy atom. The molecule has 2 aromatic rings. The first-order valence-corrected chi connectivity index (χ1v) is 11.3. The topological polar surface area (TPSA) is 152 Å².